The van der Waals surface area contributed by atoms with Gasteiger partial charge in [0, 0.05) is 19.2 Å². The van der Waals surface area contributed by atoms with Crippen LogP contribution in [0.5, 0.6) is 0 Å². The normalized spacial score (nSPS) is 10.6. The van der Waals surface area contributed by atoms with Gasteiger partial charge in [-0.05, 0) is 28.8 Å². The van der Waals surface area contributed by atoms with Crippen LogP contribution in [0.3, 0.4) is 0 Å². The summed E-state index contributed by atoms with van der Waals surface area (Å²) in [6.07, 6.45) is 4.83. The van der Waals surface area contributed by atoms with Crippen LogP contribution in [-0.4, -0.2) is 12.5 Å². The van der Waals surface area contributed by atoms with Gasteiger partial charge in [-0.15, -0.1) is 0 Å². The first kappa shape index (κ1) is 10.9. The van der Waals surface area contributed by atoms with Crippen LogP contribution >= 0.6 is 11.3 Å². The lowest BCUT2D eigenvalue weighted by Gasteiger charge is -1.95. The van der Waals surface area contributed by atoms with Gasteiger partial charge in [-0.25, -0.2) is 0 Å². The van der Waals surface area contributed by atoms with E-state index in [2.05, 4.69) is 16.8 Å². The van der Waals surface area contributed by atoms with Crippen molar-refractivity contribution < 1.29 is 4.79 Å². The first-order chi connectivity index (χ1) is 6.83. The van der Waals surface area contributed by atoms with Crippen molar-refractivity contribution in [1.29, 1.82) is 0 Å². The zero-order valence-corrected chi connectivity index (χ0v) is 8.72. The van der Waals surface area contributed by atoms with E-state index >= 15 is 0 Å². The van der Waals surface area contributed by atoms with Crippen LogP contribution in [0.4, 0.5) is 0 Å². The van der Waals surface area contributed by atoms with E-state index in [1.54, 1.807) is 17.5 Å². The first-order valence-corrected chi connectivity index (χ1v) is 5.42. The fourth-order valence-corrected chi connectivity index (χ4v) is 1.64. The van der Waals surface area contributed by atoms with Crippen LogP contribution in [-0.2, 0) is 11.2 Å². The molecule has 4 heteroatoms. The minimum Gasteiger partial charge on any atom is -0.333 e. The molecule has 0 aliphatic rings. The summed E-state index contributed by atoms with van der Waals surface area (Å²) < 4.78 is 0. The Bertz CT molecular complexity index is 293. The summed E-state index contributed by atoms with van der Waals surface area (Å²) in [7, 11) is 0. The van der Waals surface area contributed by atoms with Gasteiger partial charge in [0.2, 0.25) is 5.91 Å². The third-order valence-electron chi connectivity index (χ3n) is 1.67. The second kappa shape index (κ2) is 6.34. The zero-order valence-electron chi connectivity index (χ0n) is 7.90. The van der Waals surface area contributed by atoms with Crippen molar-refractivity contribution in [2.75, 3.05) is 6.54 Å². The molecule has 0 atom stereocenters. The van der Waals surface area contributed by atoms with E-state index in [1.807, 2.05) is 11.5 Å². The van der Waals surface area contributed by atoms with Gasteiger partial charge in [0.15, 0.2) is 0 Å². The molecule has 1 aromatic heterocycles. The van der Waals surface area contributed by atoms with E-state index < -0.39 is 0 Å². The van der Waals surface area contributed by atoms with Crippen LogP contribution in [0.25, 0.3) is 0 Å². The summed E-state index contributed by atoms with van der Waals surface area (Å²) >= 11 is 1.67. The van der Waals surface area contributed by atoms with Crippen LogP contribution in [0, 0.1) is 0 Å². The van der Waals surface area contributed by atoms with E-state index in [1.165, 1.54) is 5.56 Å². The highest BCUT2D eigenvalue weighted by molar-refractivity contribution is 7.07. The van der Waals surface area contributed by atoms with Crippen LogP contribution in [0.1, 0.15) is 12.0 Å². The van der Waals surface area contributed by atoms with Crippen molar-refractivity contribution in [2.24, 2.45) is 5.73 Å². The topological polar surface area (TPSA) is 55.1 Å². The Balaban J connectivity index is 2.18. The highest BCUT2D eigenvalue weighted by atomic mass is 32.1. The van der Waals surface area contributed by atoms with Gasteiger partial charge >= 0.3 is 0 Å². The molecule has 76 valence electrons. The van der Waals surface area contributed by atoms with E-state index in [-0.39, 0.29) is 5.91 Å². The molecular weight excluding hydrogens is 196 g/mol. The maximum Gasteiger partial charge on any atom is 0.225 e. The van der Waals surface area contributed by atoms with Gasteiger partial charge in [0.05, 0.1) is 0 Å². The van der Waals surface area contributed by atoms with Gasteiger partial charge in [0.25, 0.3) is 0 Å². The minimum atomic E-state index is -0.0333. The third-order valence-corrected chi connectivity index (χ3v) is 2.40. The molecule has 0 fully saturated rings. The second-order valence-corrected chi connectivity index (χ2v) is 3.62. The van der Waals surface area contributed by atoms with E-state index in [0.717, 1.165) is 6.42 Å². The molecule has 0 aliphatic carbocycles. The van der Waals surface area contributed by atoms with Crippen LogP contribution in [0.15, 0.2) is 29.1 Å². The number of allylic oxidation sites excluding steroid dienone is 1. The number of rotatable bonds is 5. The summed E-state index contributed by atoms with van der Waals surface area (Å²) in [5.74, 6) is -0.0333. The molecule has 0 saturated carbocycles. The average Bonchev–Trinajstić information content (AvgIpc) is 2.65. The third kappa shape index (κ3) is 4.20. The van der Waals surface area contributed by atoms with Gasteiger partial charge < -0.3 is 11.1 Å². The quantitative estimate of drug-likeness (QED) is 0.769. The molecule has 1 heterocycles. The van der Waals surface area contributed by atoms with Crippen molar-refractivity contribution in [3.05, 3.63) is 34.7 Å². The monoisotopic (exact) mass is 210 g/mol. The number of nitrogens with one attached hydrogen (secondary N) is 1. The lowest BCUT2D eigenvalue weighted by molar-refractivity contribution is -0.119. The fraction of sp³-hybridized carbons (Fsp3) is 0.300. The number of carbonyl (C=O) groups is 1. The minimum absolute atomic E-state index is 0.0333. The Morgan fingerprint density at radius 3 is 3.14 bits per heavy atom. The highest BCUT2D eigenvalue weighted by Gasteiger charge is 1.93. The molecule has 0 spiro atoms. The summed E-state index contributed by atoms with van der Waals surface area (Å²) in [4.78, 5) is 11.0. The van der Waals surface area contributed by atoms with E-state index in [4.69, 9.17) is 5.73 Å². The summed E-state index contributed by atoms with van der Waals surface area (Å²) in [6.45, 7) is 0.393. The molecule has 1 rings (SSSR count). The Kier molecular flexibility index (Phi) is 4.96. The van der Waals surface area contributed by atoms with Gasteiger partial charge in [0.1, 0.15) is 0 Å². The van der Waals surface area contributed by atoms with Crippen molar-refractivity contribution in [2.45, 2.75) is 12.8 Å². The Labute approximate surface area is 87.6 Å². The maximum atomic E-state index is 11.0. The molecule has 0 saturated heterocycles. The van der Waals surface area contributed by atoms with Gasteiger partial charge in [-0.1, -0.05) is 6.08 Å². The van der Waals surface area contributed by atoms with Crippen LogP contribution in [0.2, 0.25) is 0 Å². The predicted octanol–water partition coefficient (Wildman–Crippen LogP) is 1.27. The Morgan fingerprint density at radius 2 is 2.50 bits per heavy atom. The molecule has 0 unspecified atom stereocenters. The molecule has 14 heavy (non-hydrogen) atoms. The largest absolute Gasteiger partial charge is 0.333 e. The molecule has 1 aromatic rings. The average molecular weight is 210 g/mol. The number of hydrogen-bond acceptors (Lipinski definition) is 3. The lowest BCUT2D eigenvalue weighted by atomic mass is 10.2. The smallest absolute Gasteiger partial charge is 0.225 e. The summed E-state index contributed by atoms with van der Waals surface area (Å²) in [5, 5.41) is 6.78. The summed E-state index contributed by atoms with van der Waals surface area (Å²) in [6, 6.07) is 2.07. The van der Waals surface area contributed by atoms with Crippen LogP contribution < -0.4 is 11.1 Å². The molecule has 0 bridgehead atoms. The van der Waals surface area contributed by atoms with Crippen molar-refractivity contribution >= 4 is 17.2 Å². The van der Waals surface area contributed by atoms with E-state index in [0.29, 0.717) is 13.0 Å². The molecule has 0 radical (unpaired) electrons. The Hall–Kier alpha value is -1.13. The number of carbonyl (C=O) groups excluding carboxylic acids is 1. The predicted molar refractivity (Wildman–Crippen MR) is 59.0 cm³/mol. The molecule has 1 amide bonds. The summed E-state index contributed by atoms with van der Waals surface area (Å²) in [5.41, 5.74) is 6.49. The number of hydrogen-bond donors (Lipinski definition) is 2. The molecule has 3 nitrogen and oxygen atoms in total. The molecule has 0 aliphatic heterocycles. The molecule has 3 N–H and O–H groups in total. The molecular formula is C10H14N2OS. The highest BCUT2D eigenvalue weighted by Crippen LogP contribution is 2.06. The van der Waals surface area contributed by atoms with Gasteiger partial charge in [-0.2, -0.15) is 11.3 Å². The van der Waals surface area contributed by atoms with Crippen molar-refractivity contribution in [1.82, 2.24) is 5.32 Å². The maximum absolute atomic E-state index is 11.0. The SMILES string of the molecule is NCCC(=O)NC=CCc1ccsc1. The second-order valence-electron chi connectivity index (χ2n) is 2.84. The van der Waals surface area contributed by atoms with Crippen molar-refractivity contribution in [3.8, 4) is 0 Å². The van der Waals surface area contributed by atoms with Crippen molar-refractivity contribution in [3.63, 3.8) is 0 Å². The zero-order chi connectivity index (χ0) is 10.2. The van der Waals surface area contributed by atoms with E-state index in [9.17, 15) is 4.79 Å². The standard InChI is InChI=1S/C10H14N2OS/c11-5-3-10(13)12-6-1-2-9-4-7-14-8-9/h1,4,6-8H,2-3,5,11H2,(H,12,13). The first-order valence-electron chi connectivity index (χ1n) is 4.48. The fourth-order valence-electron chi connectivity index (χ4n) is 0.959. The number of thiophene rings is 1. The Morgan fingerprint density at radius 1 is 1.64 bits per heavy atom. The molecule has 0 aromatic carbocycles. The van der Waals surface area contributed by atoms with Gasteiger partial charge in [-0.3, -0.25) is 4.79 Å². The number of amides is 1. The number of nitrogens with two attached hydrogens (primary N) is 1. The lowest BCUT2D eigenvalue weighted by Crippen LogP contribution is -2.20.